The number of hydrogen-bond donors (Lipinski definition) is 1. The number of amides is 2. The maximum absolute atomic E-state index is 12.3. The molecule has 3 aliphatic heterocycles. The molecule has 3 aromatic rings. The molecule has 9 nitrogen and oxygen atoms in total. The van der Waals surface area contributed by atoms with Crippen molar-refractivity contribution in [3.8, 4) is 11.3 Å². The van der Waals surface area contributed by atoms with E-state index >= 15 is 0 Å². The number of ether oxygens (including phenoxy) is 1. The van der Waals surface area contributed by atoms with Gasteiger partial charge in [-0.2, -0.15) is 5.10 Å². The monoisotopic (exact) mass is 502 g/mol. The number of aromatic nitrogens is 3. The van der Waals surface area contributed by atoms with E-state index in [0.717, 1.165) is 85.4 Å². The van der Waals surface area contributed by atoms with Gasteiger partial charge in [0.1, 0.15) is 5.82 Å². The van der Waals surface area contributed by atoms with Gasteiger partial charge in [0.05, 0.1) is 17.7 Å². The first-order chi connectivity index (χ1) is 18.0. The highest BCUT2D eigenvalue weighted by Gasteiger charge is 2.31. The highest BCUT2D eigenvalue weighted by atomic mass is 16.5. The van der Waals surface area contributed by atoms with Crippen LogP contribution in [0.3, 0.4) is 0 Å². The summed E-state index contributed by atoms with van der Waals surface area (Å²) in [5, 5.41) is 10.1. The lowest BCUT2D eigenvalue weighted by atomic mass is 9.97. The Labute approximate surface area is 216 Å². The first-order valence-corrected chi connectivity index (χ1v) is 13.3. The fourth-order valence-corrected chi connectivity index (χ4v) is 6.09. The van der Waals surface area contributed by atoms with Crippen LogP contribution in [0.5, 0.6) is 0 Å². The standard InChI is InChI=1S/C28H34N6O3/c1-18(35)32-11-7-25-24(17-32)27(31-34(25)21-8-12-37-13-9-21)22-5-3-4-19-14-26(30-15-23(19)22)33-10-6-20(16-33)28(36)29-2/h3-5,14-15,20-21H,6-13,16-17H2,1-2H3,(H,29,36). The van der Waals surface area contributed by atoms with Crippen LogP contribution in [0.4, 0.5) is 5.82 Å². The van der Waals surface area contributed by atoms with Crippen molar-refractivity contribution in [2.75, 3.05) is 44.8 Å². The van der Waals surface area contributed by atoms with Crippen molar-refractivity contribution >= 4 is 28.4 Å². The Bertz CT molecular complexity index is 1350. The van der Waals surface area contributed by atoms with Gasteiger partial charge in [-0.1, -0.05) is 18.2 Å². The molecule has 6 rings (SSSR count). The van der Waals surface area contributed by atoms with Gasteiger partial charge < -0.3 is 19.9 Å². The zero-order valence-electron chi connectivity index (χ0n) is 21.6. The van der Waals surface area contributed by atoms with E-state index in [4.69, 9.17) is 14.8 Å². The molecule has 0 bridgehead atoms. The van der Waals surface area contributed by atoms with Crippen molar-refractivity contribution in [2.45, 2.75) is 45.2 Å². The van der Waals surface area contributed by atoms with Crippen molar-refractivity contribution in [1.29, 1.82) is 0 Å². The first-order valence-electron chi connectivity index (χ1n) is 13.3. The fourth-order valence-electron chi connectivity index (χ4n) is 6.09. The molecule has 0 radical (unpaired) electrons. The van der Waals surface area contributed by atoms with E-state index in [1.54, 1.807) is 14.0 Å². The maximum atomic E-state index is 12.3. The van der Waals surface area contributed by atoms with Crippen LogP contribution in [-0.4, -0.2) is 71.4 Å². The van der Waals surface area contributed by atoms with Crippen LogP contribution in [0, 0.1) is 5.92 Å². The second-order valence-electron chi connectivity index (χ2n) is 10.4. The van der Waals surface area contributed by atoms with Gasteiger partial charge >= 0.3 is 0 Å². The molecule has 194 valence electrons. The van der Waals surface area contributed by atoms with Crippen molar-refractivity contribution in [2.24, 2.45) is 5.92 Å². The molecule has 1 aromatic carbocycles. The summed E-state index contributed by atoms with van der Waals surface area (Å²) in [6.45, 7) is 5.97. The van der Waals surface area contributed by atoms with E-state index in [1.807, 2.05) is 11.1 Å². The van der Waals surface area contributed by atoms with E-state index in [9.17, 15) is 9.59 Å². The first kappa shape index (κ1) is 23.9. The summed E-state index contributed by atoms with van der Waals surface area (Å²) in [7, 11) is 1.69. The molecule has 2 saturated heterocycles. The van der Waals surface area contributed by atoms with E-state index < -0.39 is 0 Å². The summed E-state index contributed by atoms with van der Waals surface area (Å²) in [5.74, 6) is 1.09. The molecular weight excluding hydrogens is 468 g/mol. The van der Waals surface area contributed by atoms with Gasteiger partial charge in [0.2, 0.25) is 11.8 Å². The van der Waals surface area contributed by atoms with Crippen LogP contribution in [0.2, 0.25) is 0 Å². The van der Waals surface area contributed by atoms with E-state index in [-0.39, 0.29) is 17.7 Å². The molecule has 0 spiro atoms. The fraction of sp³-hybridized carbons (Fsp3) is 0.500. The zero-order valence-corrected chi connectivity index (χ0v) is 21.6. The normalized spacial score (nSPS) is 20.3. The molecule has 0 saturated carbocycles. The molecule has 37 heavy (non-hydrogen) atoms. The number of rotatable bonds is 4. The molecule has 1 atom stereocenters. The lowest BCUT2D eigenvalue weighted by molar-refractivity contribution is -0.129. The highest BCUT2D eigenvalue weighted by Crippen LogP contribution is 2.37. The summed E-state index contributed by atoms with van der Waals surface area (Å²) in [6.07, 6.45) is 5.50. The molecule has 9 heteroatoms. The van der Waals surface area contributed by atoms with Gasteiger partial charge in [-0.05, 0) is 30.7 Å². The Kier molecular flexibility index (Phi) is 6.32. The molecule has 1 unspecified atom stereocenters. The molecule has 1 N–H and O–H groups in total. The zero-order chi connectivity index (χ0) is 25.5. The number of carbonyl (C=O) groups excluding carboxylic acids is 2. The predicted octanol–water partition coefficient (Wildman–Crippen LogP) is 2.93. The number of nitrogens with one attached hydrogen (secondary N) is 1. The lowest BCUT2D eigenvalue weighted by Crippen LogP contribution is -2.35. The average molecular weight is 503 g/mol. The minimum absolute atomic E-state index is 0.00118. The van der Waals surface area contributed by atoms with Crippen LogP contribution in [-0.2, 0) is 27.3 Å². The lowest BCUT2D eigenvalue weighted by Gasteiger charge is -2.29. The number of fused-ring (bicyclic) bond motifs is 2. The smallest absolute Gasteiger partial charge is 0.224 e. The minimum Gasteiger partial charge on any atom is -0.381 e. The third kappa shape index (κ3) is 4.35. The summed E-state index contributed by atoms with van der Waals surface area (Å²) in [4.78, 5) is 33.3. The Morgan fingerprint density at radius 1 is 1.14 bits per heavy atom. The topological polar surface area (TPSA) is 92.6 Å². The quantitative estimate of drug-likeness (QED) is 0.590. The molecule has 3 aliphatic rings. The maximum Gasteiger partial charge on any atom is 0.224 e. The number of hydrogen-bond acceptors (Lipinski definition) is 6. The van der Waals surface area contributed by atoms with Crippen LogP contribution in [0.15, 0.2) is 30.5 Å². The predicted molar refractivity (Wildman–Crippen MR) is 141 cm³/mol. The average Bonchev–Trinajstić information content (AvgIpc) is 3.58. The van der Waals surface area contributed by atoms with Crippen LogP contribution < -0.4 is 10.2 Å². The number of pyridine rings is 1. The highest BCUT2D eigenvalue weighted by molar-refractivity contribution is 5.97. The minimum atomic E-state index is -0.00118. The summed E-state index contributed by atoms with van der Waals surface area (Å²) >= 11 is 0. The van der Waals surface area contributed by atoms with Gasteiger partial charge in [0, 0.05) is 88.2 Å². The SMILES string of the molecule is CNC(=O)C1CCN(c2cc3cccc(-c4nn(C5CCOCC5)c5c4CN(C(C)=O)CC5)c3cn2)C1. The summed E-state index contributed by atoms with van der Waals surface area (Å²) < 4.78 is 7.84. The number of carbonyl (C=O) groups is 2. The number of anilines is 1. The molecular formula is C28H34N6O3. The van der Waals surface area contributed by atoms with Crippen molar-refractivity contribution < 1.29 is 14.3 Å². The summed E-state index contributed by atoms with van der Waals surface area (Å²) in [6, 6.07) is 8.74. The van der Waals surface area contributed by atoms with Crippen LogP contribution in [0.25, 0.3) is 22.0 Å². The van der Waals surface area contributed by atoms with Gasteiger partial charge in [0.15, 0.2) is 0 Å². The third-order valence-corrected chi connectivity index (χ3v) is 8.20. The second-order valence-corrected chi connectivity index (χ2v) is 10.4. The number of benzene rings is 1. The Morgan fingerprint density at radius 3 is 2.76 bits per heavy atom. The van der Waals surface area contributed by atoms with E-state index in [2.05, 4.69) is 39.2 Å². The van der Waals surface area contributed by atoms with Crippen LogP contribution >= 0.6 is 0 Å². The molecule has 2 amide bonds. The Hall–Kier alpha value is -3.46. The molecule has 0 aliphatic carbocycles. The second kappa shape index (κ2) is 9.78. The third-order valence-electron chi connectivity index (χ3n) is 8.20. The molecule has 2 fully saturated rings. The van der Waals surface area contributed by atoms with Gasteiger partial charge in [-0.15, -0.1) is 0 Å². The molecule has 5 heterocycles. The Balaban J connectivity index is 1.39. The van der Waals surface area contributed by atoms with Crippen molar-refractivity contribution in [1.82, 2.24) is 25.0 Å². The van der Waals surface area contributed by atoms with Crippen molar-refractivity contribution in [3.05, 3.63) is 41.7 Å². The largest absolute Gasteiger partial charge is 0.381 e. The van der Waals surface area contributed by atoms with Gasteiger partial charge in [-0.3, -0.25) is 14.3 Å². The number of nitrogens with zero attached hydrogens (tertiary/aromatic N) is 5. The van der Waals surface area contributed by atoms with E-state index in [1.165, 1.54) is 5.69 Å². The van der Waals surface area contributed by atoms with Gasteiger partial charge in [0.25, 0.3) is 0 Å². The Morgan fingerprint density at radius 2 is 1.97 bits per heavy atom. The summed E-state index contributed by atoms with van der Waals surface area (Å²) in [5.41, 5.74) is 4.40. The molecule has 2 aromatic heterocycles. The van der Waals surface area contributed by atoms with Crippen molar-refractivity contribution in [3.63, 3.8) is 0 Å². The van der Waals surface area contributed by atoms with Crippen LogP contribution in [0.1, 0.15) is 43.5 Å². The van der Waals surface area contributed by atoms with E-state index in [0.29, 0.717) is 19.1 Å². The van der Waals surface area contributed by atoms with Gasteiger partial charge in [-0.25, -0.2) is 4.98 Å².